The summed E-state index contributed by atoms with van der Waals surface area (Å²) in [6, 6.07) is 16.4. The lowest BCUT2D eigenvalue weighted by molar-refractivity contribution is -0.146. The lowest BCUT2D eigenvalue weighted by atomic mass is 9.79. The molecule has 3 amide bonds. The number of benzene rings is 2. The van der Waals surface area contributed by atoms with Crippen LogP contribution < -0.4 is 10.6 Å². The van der Waals surface area contributed by atoms with Gasteiger partial charge in [0.1, 0.15) is 11.9 Å². The van der Waals surface area contributed by atoms with E-state index in [2.05, 4.69) is 15.6 Å². The Kier molecular flexibility index (Phi) is 7.92. The molecule has 42 heavy (non-hydrogen) atoms. The van der Waals surface area contributed by atoms with Gasteiger partial charge in [-0.2, -0.15) is 0 Å². The number of hydrogen-bond donors (Lipinski definition) is 2. The van der Waals surface area contributed by atoms with Crippen LogP contribution in [-0.4, -0.2) is 47.9 Å². The van der Waals surface area contributed by atoms with Gasteiger partial charge in [0.2, 0.25) is 17.7 Å². The Balaban J connectivity index is 1.37. The predicted molar refractivity (Wildman–Crippen MR) is 160 cm³/mol. The Morgan fingerprint density at radius 1 is 1.05 bits per heavy atom. The van der Waals surface area contributed by atoms with Crippen LogP contribution in [-0.2, 0) is 48.7 Å². The van der Waals surface area contributed by atoms with E-state index in [1.54, 1.807) is 32.2 Å². The van der Waals surface area contributed by atoms with Gasteiger partial charge in [-0.1, -0.05) is 57.2 Å². The van der Waals surface area contributed by atoms with Gasteiger partial charge < -0.3 is 25.0 Å². The maximum atomic E-state index is 13.7. The van der Waals surface area contributed by atoms with Crippen molar-refractivity contribution in [2.45, 2.75) is 64.8 Å². The highest BCUT2D eigenvalue weighted by molar-refractivity contribution is 6.06. The molecule has 1 aliphatic heterocycles. The van der Waals surface area contributed by atoms with Gasteiger partial charge >= 0.3 is 0 Å². The zero-order chi connectivity index (χ0) is 30.2. The first-order valence-corrected chi connectivity index (χ1v) is 14.1. The number of nitrogens with one attached hydrogen (secondary N) is 2. The summed E-state index contributed by atoms with van der Waals surface area (Å²) in [6.07, 6.45) is 2.18. The molecule has 3 aromatic rings. The molecule has 0 saturated heterocycles. The van der Waals surface area contributed by atoms with Crippen LogP contribution in [0.5, 0.6) is 0 Å². The summed E-state index contributed by atoms with van der Waals surface area (Å²) in [5.41, 5.74) is 3.83. The first-order valence-electron chi connectivity index (χ1n) is 14.1. The molecule has 0 bridgehead atoms. The van der Waals surface area contributed by atoms with Gasteiger partial charge in [-0.15, -0.1) is 0 Å². The molecule has 1 aromatic heterocycles. The van der Waals surface area contributed by atoms with Gasteiger partial charge in [-0.25, -0.2) is 4.98 Å². The smallest absolute Gasteiger partial charge is 0.246 e. The van der Waals surface area contributed by atoms with E-state index in [-0.39, 0.29) is 24.3 Å². The summed E-state index contributed by atoms with van der Waals surface area (Å²) >= 11 is 0. The Bertz CT molecular complexity index is 1530. The van der Waals surface area contributed by atoms with Crippen molar-refractivity contribution in [3.05, 3.63) is 88.6 Å². The molecular weight excluding hydrogens is 532 g/mol. The molecule has 5 rings (SSSR count). The molecule has 2 aromatic carbocycles. The van der Waals surface area contributed by atoms with E-state index < -0.39 is 23.2 Å². The summed E-state index contributed by atoms with van der Waals surface area (Å²) < 4.78 is 11.0. The average molecular weight is 571 g/mol. The molecule has 0 saturated carbocycles. The van der Waals surface area contributed by atoms with E-state index in [9.17, 15) is 14.4 Å². The number of carbonyl (C=O) groups excluding carboxylic acids is 3. The molecule has 9 heteroatoms. The van der Waals surface area contributed by atoms with Gasteiger partial charge in [0.15, 0.2) is 6.29 Å². The molecule has 2 unspecified atom stereocenters. The number of hydrogen-bond acceptors (Lipinski definition) is 6. The normalized spacial score (nSPS) is 18.0. The number of carbonyl (C=O) groups is 3. The van der Waals surface area contributed by atoms with Crippen LogP contribution in [0.2, 0.25) is 0 Å². The van der Waals surface area contributed by atoms with Crippen molar-refractivity contribution in [2.24, 2.45) is 5.41 Å². The van der Waals surface area contributed by atoms with E-state index >= 15 is 0 Å². The molecule has 2 atom stereocenters. The number of rotatable bonds is 8. The van der Waals surface area contributed by atoms with Crippen LogP contribution >= 0.6 is 0 Å². The maximum absolute atomic E-state index is 13.7. The zero-order valence-corrected chi connectivity index (χ0v) is 25.0. The number of anilines is 2. The first kappa shape index (κ1) is 29.4. The highest BCUT2D eigenvalue weighted by Gasteiger charge is 2.51. The molecule has 2 heterocycles. The molecule has 9 nitrogen and oxygen atoms in total. The van der Waals surface area contributed by atoms with Crippen molar-refractivity contribution in [2.75, 3.05) is 24.9 Å². The van der Waals surface area contributed by atoms with Crippen LogP contribution in [0.4, 0.5) is 11.5 Å². The summed E-state index contributed by atoms with van der Waals surface area (Å²) in [7, 11) is 3.12. The van der Waals surface area contributed by atoms with E-state index in [4.69, 9.17) is 9.47 Å². The fraction of sp³-hybridized carbons (Fsp3) is 0.394. The van der Waals surface area contributed by atoms with Crippen molar-refractivity contribution in [1.82, 2.24) is 9.88 Å². The Hall–Kier alpha value is -4.08. The average Bonchev–Trinajstić information content (AvgIpc) is 3.48. The van der Waals surface area contributed by atoms with Gasteiger partial charge in [-0.05, 0) is 54.7 Å². The number of ether oxygens (including phenoxy) is 2. The predicted octanol–water partition coefficient (Wildman–Crippen LogP) is 4.76. The highest BCUT2D eigenvalue weighted by Crippen LogP contribution is 2.47. The minimum Gasteiger partial charge on any atom is -0.352 e. The highest BCUT2D eigenvalue weighted by atomic mass is 16.7. The number of pyridine rings is 1. The van der Waals surface area contributed by atoms with Crippen molar-refractivity contribution in [1.29, 1.82) is 0 Å². The number of fused-ring (bicyclic) bond motifs is 3. The number of methoxy groups -OCH3 is 2. The van der Waals surface area contributed by atoms with E-state index in [0.29, 0.717) is 24.3 Å². The molecule has 0 radical (unpaired) electrons. The quantitative estimate of drug-likeness (QED) is 0.378. The van der Waals surface area contributed by atoms with Crippen LogP contribution in [0.3, 0.4) is 0 Å². The van der Waals surface area contributed by atoms with Crippen LogP contribution in [0.25, 0.3) is 0 Å². The van der Waals surface area contributed by atoms with Crippen molar-refractivity contribution >= 4 is 29.2 Å². The third-order valence-electron chi connectivity index (χ3n) is 8.28. The van der Waals surface area contributed by atoms with E-state index in [0.717, 1.165) is 27.8 Å². The topological polar surface area (TPSA) is 110 Å². The van der Waals surface area contributed by atoms with Crippen molar-refractivity contribution < 1.29 is 23.9 Å². The van der Waals surface area contributed by atoms with Crippen LogP contribution in [0.15, 0.2) is 60.8 Å². The van der Waals surface area contributed by atoms with Gasteiger partial charge in [0.05, 0.1) is 5.41 Å². The van der Waals surface area contributed by atoms with Crippen LogP contribution in [0.1, 0.15) is 61.8 Å². The number of nitrogens with zero attached hydrogens (tertiary/aromatic N) is 2. The molecule has 1 aliphatic carbocycles. The van der Waals surface area contributed by atoms with Gasteiger partial charge in [0.25, 0.3) is 0 Å². The standard InChI is InChI=1S/C33H38N4O5/c1-20(37(31(40)32(2,3)4)19-22-10-7-8-11-25(22)29(41-5)42-6)28(38)35-24-14-13-21-17-33(18-23(21)16-24)26-12-9-15-34-27(26)36-30(33)39/h7-16,20,29H,17-19H2,1-6H3,(H,35,38)(H,34,36,39). The lowest BCUT2D eigenvalue weighted by Crippen LogP contribution is -2.49. The largest absolute Gasteiger partial charge is 0.352 e. The summed E-state index contributed by atoms with van der Waals surface area (Å²) in [5, 5.41) is 5.95. The third-order valence-corrected chi connectivity index (χ3v) is 8.28. The fourth-order valence-corrected chi connectivity index (χ4v) is 5.99. The molecule has 0 fully saturated rings. The summed E-state index contributed by atoms with van der Waals surface area (Å²) in [4.78, 5) is 46.3. The first-order chi connectivity index (χ1) is 20.0. The monoisotopic (exact) mass is 570 g/mol. The Morgan fingerprint density at radius 3 is 2.48 bits per heavy atom. The van der Waals surface area contributed by atoms with Gasteiger partial charge in [-0.3, -0.25) is 14.4 Å². The van der Waals surface area contributed by atoms with E-state index in [1.807, 2.05) is 75.4 Å². The van der Waals surface area contributed by atoms with Crippen molar-refractivity contribution in [3.63, 3.8) is 0 Å². The lowest BCUT2D eigenvalue weighted by Gasteiger charge is -2.34. The van der Waals surface area contributed by atoms with Crippen LogP contribution in [0, 0.1) is 5.41 Å². The maximum Gasteiger partial charge on any atom is 0.246 e. The second-order valence-electron chi connectivity index (χ2n) is 12.1. The SMILES string of the molecule is COC(OC)c1ccccc1CN(C(=O)C(C)(C)C)C(C)C(=O)Nc1ccc2c(c1)CC1(C2)C(=O)Nc2ncccc21. The Labute approximate surface area is 246 Å². The van der Waals surface area contributed by atoms with Gasteiger partial charge in [0, 0.05) is 49.2 Å². The second kappa shape index (κ2) is 11.3. The van der Waals surface area contributed by atoms with Crippen molar-refractivity contribution in [3.8, 4) is 0 Å². The zero-order valence-electron chi connectivity index (χ0n) is 25.0. The second-order valence-corrected chi connectivity index (χ2v) is 12.1. The molecule has 1 spiro atoms. The third kappa shape index (κ3) is 5.30. The molecule has 2 N–H and O–H groups in total. The molecule has 2 aliphatic rings. The fourth-order valence-electron chi connectivity index (χ4n) is 5.99. The molecular formula is C33H38N4O5. The number of aromatic nitrogens is 1. The summed E-state index contributed by atoms with van der Waals surface area (Å²) in [6.45, 7) is 7.47. The van der Waals surface area contributed by atoms with E-state index in [1.165, 1.54) is 0 Å². The number of amides is 3. The minimum absolute atomic E-state index is 0.0487. The summed E-state index contributed by atoms with van der Waals surface area (Å²) in [5.74, 6) is 0.111. The molecule has 220 valence electrons. The minimum atomic E-state index is -0.772. The Morgan fingerprint density at radius 2 is 1.76 bits per heavy atom.